The molecule has 0 bridgehead atoms. The van der Waals surface area contributed by atoms with E-state index in [0.717, 1.165) is 31.0 Å². The summed E-state index contributed by atoms with van der Waals surface area (Å²) < 4.78 is 37.9. The topological polar surface area (TPSA) is 83.0 Å². The Balaban J connectivity index is 0.000000345. The molecule has 1 N–H and O–H groups in total. The summed E-state index contributed by atoms with van der Waals surface area (Å²) >= 11 is 1.95. The van der Waals surface area contributed by atoms with Crippen LogP contribution in [0.5, 0.6) is 0 Å². The van der Waals surface area contributed by atoms with Gasteiger partial charge in [0.2, 0.25) is 0 Å². The van der Waals surface area contributed by atoms with Gasteiger partial charge in [0.25, 0.3) is 0 Å². The van der Waals surface area contributed by atoms with Crippen molar-refractivity contribution in [3.8, 4) is 0 Å². The van der Waals surface area contributed by atoms with Crippen LogP contribution >= 0.6 is 11.8 Å². The van der Waals surface area contributed by atoms with Gasteiger partial charge in [0, 0.05) is 39.1 Å². The minimum atomic E-state index is -5.08. The molecule has 28 heavy (non-hydrogen) atoms. The van der Waals surface area contributed by atoms with Crippen molar-refractivity contribution in [2.24, 2.45) is 0 Å². The van der Waals surface area contributed by atoms with Crippen LogP contribution in [0.15, 0.2) is 24.4 Å². The van der Waals surface area contributed by atoms with Gasteiger partial charge >= 0.3 is 18.2 Å². The van der Waals surface area contributed by atoms with E-state index < -0.39 is 12.1 Å². The standard InChI is InChI=1S/C15H21N3O2S.C2HF3O2/c1-17(2)14(19)18-10-15(11-18)7-13(9-21-15)20-8-12-5-3-4-6-16-12;3-2(4,5)1(6)7/h3-6,13H,7-11H2,1-2H3;(H,6,7). The number of hydrogen-bond donors (Lipinski definition) is 1. The number of amides is 2. The fourth-order valence-corrected chi connectivity index (χ4v) is 4.44. The fourth-order valence-electron chi connectivity index (χ4n) is 2.88. The van der Waals surface area contributed by atoms with Gasteiger partial charge in [-0.25, -0.2) is 9.59 Å². The molecule has 11 heteroatoms. The zero-order chi connectivity index (χ0) is 20.9. The number of carboxylic acids is 1. The van der Waals surface area contributed by atoms with E-state index in [1.54, 1.807) is 25.2 Å². The molecule has 2 amide bonds. The van der Waals surface area contributed by atoms with Crippen LogP contribution < -0.4 is 0 Å². The maximum absolute atomic E-state index is 11.9. The van der Waals surface area contributed by atoms with E-state index in [4.69, 9.17) is 14.6 Å². The first-order valence-electron chi connectivity index (χ1n) is 8.44. The third kappa shape index (κ3) is 5.99. The second-order valence-corrected chi connectivity index (χ2v) is 8.28. The molecule has 1 spiro atoms. The van der Waals surface area contributed by atoms with E-state index in [0.29, 0.717) is 6.61 Å². The summed E-state index contributed by atoms with van der Waals surface area (Å²) in [6.45, 7) is 2.26. The number of carboxylic acid groups (broad SMARTS) is 1. The van der Waals surface area contributed by atoms with E-state index in [2.05, 4.69) is 4.98 Å². The largest absolute Gasteiger partial charge is 0.490 e. The Labute approximate surface area is 164 Å². The number of pyridine rings is 1. The summed E-state index contributed by atoms with van der Waals surface area (Å²) in [7, 11) is 3.60. The fraction of sp³-hybridized carbons (Fsp3) is 0.588. The molecule has 0 aliphatic carbocycles. The van der Waals surface area contributed by atoms with Crippen LogP contribution in [-0.2, 0) is 16.1 Å². The van der Waals surface area contributed by atoms with Gasteiger partial charge in [-0.05, 0) is 18.6 Å². The molecule has 2 aliphatic heterocycles. The number of thioether (sulfide) groups is 1. The van der Waals surface area contributed by atoms with Crippen molar-refractivity contribution in [3.05, 3.63) is 30.1 Å². The third-order valence-corrected chi connectivity index (χ3v) is 5.80. The molecule has 3 rings (SSSR count). The Kier molecular flexibility index (Phi) is 7.16. The Bertz CT molecular complexity index is 682. The van der Waals surface area contributed by atoms with Gasteiger partial charge < -0.3 is 19.6 Å². The molecule has 0 aromatic carbocycles. The zero-order valence-electron chi connectivity index (χ0n) is 15.5. The van der Waals surface area contributed by atoms with Crippen molar-refractivity contribution in [2.45, 2.75) is 30.1 Å². The molecule has 2 saturated heterocycles. The molecule has 3 heterocycles. The summed E-state index contributed by atoms with van der Waals surface area (Å²) in [5.41, 5.74) is 0.974. The van der Waals surface area contributed by atoms with E-state index in [-0.39, 0.29) is 16.9 Å². The molecule has 2 aliphatic rings. The molecule has 0 radical (unpaired) electrons. The summed E-state index contributed by atoms with van der Waals surface area (Å²) in [5.74, 6) is -1.75. The number of alkyl halides is 3. The van der Waals surface area contributed by atoms with Crippen molar-refractivity contribution < 1.29 is 32.6 Å². The molecule has 1 aromatic rings. The lowest BCUT2D eigenvalue weighted by Gasteiger charge is -2.48. The predicted octanol–water partition coefficient (Wildman–Crippen LogP) is 2.47. The summed E-state index contributed by atoms with van der Waals surface area (Å²) in [6, 6.07) is 5.99. The van der Waals surface area contributed by atoms with Gasteiger partial charge in [-0.15, -0.1) is 11.8 Å². The van der Waals surface area contributed by atoms with Crippen LogP contribution in [0.4, 0.5) is 18.0 Å². The number of carbonyl (C=O) groups excluding carboxylic acids is 1. The second-order valence-electron chi connectivity index (χ2n) is 6.79. The first-order valence-corrected chi connectivity index (χ1v) is 9.43. The van der Waals surface area contributed by atoms with Crippen LogP contribution in [0.1, 0.15) is 12.1 Å². The highest BCUT2D eigenvalue weighted by Gasteiger charge is 2.51. The van der Waals surface area contributed by atoms with E-state index in [1.807, 2.05) is 34.9 Å². The lowest BCUT2D eigenvalue weighted by molar-refractivity contribution is -0.192. The first kappa shape index (κ1) is 22.3. The quantitative estimate of drug-likeness (QED) is 0.808. The number of likely N-dealkylation sites (tertiary alicyclic amines) is 1. The van der Waals surface area contributed by atoms with Crippen molar-refractivity contribution in [2.75, 3.05) is 32.9 Å². The Morgan fingerprint density at radius 1 is 1.39 bits per heavy atom. The molecular formula is C17H22F3N3O4S. The number of aliphatic carboxylic acids is 1. The lowest BCUT2D eigenvalue weighted by atomic mass is 9.93. The molecule has 1 aromatic heterocycles. The Morgan fingerprint density at radius 2 is 2.04 bits per heavy atom. The van der Waals surface area contributed by atoms with Crippen molar-refractivity contribution >= 4 is 23.8 Å². The normalized spacial score (nSPS) is 20.2. The molecule has 7 nitrogen and oxygen atoms in total. The van der Waals surface area contributed by atoms with Gasteiger partial charge in [-0.2, -0.15) is 13.2 Å². The van der Waals surface area contributed by atoms with E-state index in [9.17, 15) is 18.0 Å². The lowest BCUT2D eigenvalue weighted by Crippen LogP contribution is -2.62. The highest BCUT2D eigenvalue weighted by Crippen LogP contribution is 2.46. The molecule has 2 fully saturated rings. The number of urea groups is 1. The van der Waals surface area contributed by atoms with E-state index >= 15 is 0 Å². The molecule has 156 valence electrons. The highest BCUT2D eigenvalue weighted by molar-refractivity contribution is 8.01. The average molecular weight is 421 g/mol. The SMILES string of the molecule is CN(C)C(=O)N1CC2(CC(OCc3ccccn3)CS2)C1.O=C(O)C(F)(F)F. The molecule has 0 saturated carbocycles. The second kappa shape index (κ2) is 8.99. The number of hydrogen-bond acceptors (Lipinski definition) is 5. The average Bonchev–Trinajstić information content (AvgIpc) is 3.03. The van der Waals surface area contributed by atoms with Gasteiger partial charge in [-0.3, -0.25) is 4.98 Å². The number of halogens is 3. The zero-order valence-corrected chi connectivity index (χ0v) is 16.3. The molecule has 1 atom stereocenters. The number of aromatic nitrogens is 1. The predicted molar refractivity (Wildman–Crippen MR) is 97.0 cm³/mol. The van der Waals surface area contributed by atoms with Crippen LogP contribution in [-0.4, -0.2) is 81.9 Å². The molecular weight excluding hydrogens is 399 g/mol. The van der Waals surface area contributed by atoms with Gasteiger partial charge in [0.1, 0.15) is 0 Å². The number of rotatable bonds is 3. The maximum Gasteiger partial charge on any atom is 0.490 e. The smallest absolute Gasteiger partial charge is 0.475 e. The Morgan fingerprint density at radius 3 is 2.54 bits per heavy atom. The van der Waals surface area contributed by atoms with Crippen molar-refractivity contribution in [1.29, 1.82) is 0 Å². The maximum atomic E-state index is 11.9. The summed E-state index contributed by atoms with van der Waals surface area (Å²) in [4.78, 5) is 28.6. The highest BCUT2D eigenvalue weighted by atomic mass is 32.2. The van der Waals surface area contributed by atoms with Gasteiger partial charge in [0.15, 0.2) is 0 Å². The van der Waals surface area contributed by atoms with Crippen LogP contribution in [0.3, 0.4) is 0 Å². The van der Waals surface area contributed by atoms with Crippen molar-refractivity contribution in [1.82, 2.24) is 14.8 Å². The number of ether oxygens (including phenoxy) is 1. The van der Waals surface area contributed by atoms with E-state index in [1.165, 1.54) is 0 Å². The first-order chi connectivity index (χ1) is 13.0. The van der Waals surface area contributed by atoms with Crippen LogP contribution in [0.2, 0.25) is 0 Å². The molecule has 1 unspecified atom stereocenters. The monoisotopic (exact) mass is 421 g/mol. The van der Waals surface area contributed by atoms with Gasteiger partial charge in [0.05, 0.1) is 23.2 Å². The minimum absolute atomic E-state index is 0.110. The number of carbonyl (C=O) groups is 2. The Hall–Kier alpha value is -2.01. The van der Waals surface area contributed by atoms with Crippen molar-refractivity contribution in [3.63, 3.8) is 0 Å². The summed E-state index contributed by atoms with van der Waals surface area (Å²) in [5, 5.41) is 7.12. The van der Waals surface area contributed by atoms with Crippen LogP contribution in [0, 0.1) is 0 Å². The minimum Gasteiger partial charge on any atom is -0.475 e. The third-order valence-electron chi connectivity index (χ3n) is 4.22. The summed E-state index contributed by atoms with van der Waals surface area (Å²) in [6.07, 6.45) is -1.99. The van der Waals surface area contributed by atoms with Crippen LogP contribution in [0.25, 0.3) is 0 Å². The number of nitrogens with zero attached hydrogens (tertiary/aromatic N) is 3. The van der Waals surface area contributed by atoms with Gasteiger partial charge in [-0.1, -0.05) is 6.07 Å².